The van der Waals surface area contributed by atoms with Crippen LogP contribution in [0.1, 0.15) is 12.6 Å². The fourth-order valence-corrected chi connectivity index (χ4v) is 5.14. The van der Waals surface area contributed by atoms with Gasteiger partial charge in [0, 0.05) is 18.2 Å². The van der Waals surface area contributed by atoms with Crippen LogP contribution in [0.2, 0.25) is 0 Å². The predicted octanol–water partition coefficient (Wildman–Crippen LogP) is -0.0797. The number of hydrogen-bond donors (Lipinski definition) is 3. The average molecular weight is 530 g/mol. The van der Waals surface area contributed by atoms with Crippen molar-refractivity contribution in [1.29, 1.82) is 0 Å². The van der Waals surface area contributed by atoms with E-state index in [-0.39, 0.29) is 43.0 Å². The summed E-state index contributed by atoms with van der Waals surface area (Å²) in [5, 5.41) is 15.8. The van der Waals surface area contributed by atoms with Crippen molar-refractivity contribution in [3.8, 4) is 0 Å². The lowest BCUT2D eigenvalue weighted by molar-refractivity contribution is -0.153. The van der Waals surface area contributed by atoms with Crippen molar-refractivity contribution in [2.24, 2.45) is 5.16 Å². The van der Waals surface area contributed by atoms with Gasteiger partial charge in [-0.3, -0.25) is 14.5 Å². The van der Waals surface area contributed by atoms with Crippen molar-refractivity contribution in [2.45, 2.75) is 18.3 Å². The number of methoxy groups -OCH3 is 1. The molecule has 2 atom stereocenters. The molecule has 3 rings (SSSR count). The number of β-lactam (4-membered cyclic amide) rings is 1. The molecule has 2 aliphatic rings. The minimum absolute atomic E-state index is 0.00515. The van der Waals surface area contributed by atoms with E-state index in [1.54, 1.807) is 6.92 Å². The number of esters is 1. The first-order valence-corrected chi connectivity index (χ1v) is 12.1. The number of nitrogens with zero attached hydrogens (tertiary/aromatic N) is 3. The van der Waals surface area contributed by atoms with Crippen LogP contribution < -0.4 is 11.1 Å². The van der Waals surface area contributed by atoms with Gasteiger partial charge in [-0.05, 0) is 12.5 Å². The molecule has 14 nitrogen and oxygen atoms in total. The fourth-order valence-electron chi connectivity index (χ4n) is 3.26. The lowest BCUT2D eigenvalue weighted by Gasteiger charge is -2.49. The summed E-state index contributed by atoms with van der Waals surface area (Å²) in [6.07, 6.45) is -0.889. The Hall–Kier alpha value is -3.37. The number of rotatable bonds is 10. The number of ether oxygens (including phenoxy) is 4. The average Bonchev–Trinajstić information content (AvgIpc) is 3.26. The monoisotopic (exact) mass is 529 g/mol. The summed E-state index contributed by atoms with van der Waals surface area (Å²) in [6, 6.07) is -0.987. The van der Waals surface area contributed by atoms with E-state index >= 15 is 0 Å². The lowest BCUT2D eigenvalue weighted by Crippen LogP contribution is -2.71. The molecular weight excluding hydrogens is 506 g/mol. The van der Waals surface area contributed by atoms with Crippen LogP contribution in [-0.2, 0) is 33.3 Å². The quantitative estimate of drug-likeness (QED) is 0.0913. The van der Waals surface area contributed by atoms with Gasteiger partial charge in [-0.15, -0.1) is 23.1 Å². The molecule has 0 aliphatic carbocycles. The summed E-state index contributed by atoms with van der Waals surface area (Å²) in [5.41, 5.74) is 5.75. The van der Waals surface area contributed by atoms with Gasteiger partial charge in [0.2, 0.25) is 0 Å². The summed E-state index contributed by atoms with van der Waals surface area (Å²) in [5.74, 6) is -1.86. The highest BCUT2D eigenvalue weighted by atomic mass is 32.2. The van der Waals surface area contributed by atoms with Crippen LogP contribution in [0.15, 0.2) is 21.8 Å². The van der Waals surface area contributed by atoms with Gasteiger partial charge in [0.1, 0.15) is 36.0 Å². The fraction of sp³-hybridized carbons (Fsp3) is 0.474. The lowest BCUT2D eigenvalue weighted by atomic mass is 10.0. The van der Waals surface area contributed by atoms with Crippen molar-refractivity contribution < 1.29 is 43.3 Å². The maximum Gasteiger partial charge on any atom is 0.508 e. The Kier molecular flexibility index (Phi) is 8.89. The topological polar surface area (TPSA) is 192 Å². The first-order chi connectivity index (χ1) is 16.8. The van der Waals surface area contributed by atoms with Gasteiger partial charge in [0.15, 0.2) is 10.8 Å². The van der Waals surface area contributed by atoms with Gasteiger partial charge in [0.05, 0.1) is 13.2 Å². The number of aromatic nitrogens is 1. The number of oxime groups is 1. The molecule has 1 aromatic rings. The first-order valence-electron chi connectivity index (χ1n) is 10.2. The molecule has 0 bridgehead atoms. The summed E-state index contributed by atoms with van der Waals surface area (Å²) in [4.78, 5) is 54.7. The molecule has 35 heavy (non-hydrogen) atoms. The Balaban J connectivity index is 1.67. The second kappa shape index (κ2) is 11.9. The standard InChI is InChI=1S/C19H23N5O9S2/c1-3-31-19(28)33-5-4-32-17(27)13-9(6-30-2)7-34-16-12(15(26)24(13)16)22-14(25)11(23-29)10-8-35-18(20)21-10/h8,12,16,29H,3-7H2,1-2H3,(H2,20,21)(H,22,25)/t12?,16-/m0/s1. The third-order valence-electron chi connectivity index (χ3n) is 4.72. The largest absolute Gasteiger partial charge is 0.508 e. The second-order valence-corrected chi connectivity index (χ2v) is 8.93. The molecule has 190 valence electrons. The van der Waals surface area contributed by atoms with E-state index < -0.39 is 41.1 Å². The molecule has 1 aromatic heterocycles. The molecule has 1 saturated heterocycles. The van der Waals surface area contributed by atoms with Gasteiger partial charge in [-0.2, -0.15) is 0 Å². The smallest absolute Gasteiger partial charge is 0.457 e. The minimum atomic E-state index is -0.987. The number of amides is 2. The van der Waals surface area contributed by atoms with Crippen LogP contribution in [0.5, 0.6) is 0 Å². The van der Waals surface area contributed by atoms with Crippen LogP contribution in [-0.4, -0.2) is 95.4 Å². The summed E-state index contributed by atoms with van der Waals surface area (Å²) < 4.78 is 19.7. The third kappa shape index (κ3) is 5.83. The van der Waals surface area contributed by atoms with Crippen molar-refractivity contribution >= 4 is 57.9 Å². The zero-order valence-electron chi connectivity index (χ0n) is 18.7. The number of carbonyl (C=O) groups excluding carboxylic acids is 4. The molecule has 2 aliphatic heterocycles. The van der Waals surface area contributed by atoms with Gasteiger partial charge in [-0.25, -0.2) is 14.6 Å². The van der Waals surface area contributed by atoms with E-state index in [0.29, 0.717) is 11.3 Å². The summed E-state index contributed by atoms with van der Waals surface area (Å²) in [6.45, 7) is 1.36. The Labute approximate surface area is 207 Å². The minimum Gasteiger partial charge on any atom is -0.457 e. The molecule has 1 unspecified atom stereocenters. The van der Waals surface area contributed by atoms with Gasteiger partial charge < -0.3 is 35.2 Å². The zero-order valence-corrected chi connectivity index (χ0v) is 20.3. The Bertz CT molecular complexity index is 1060. The highest BCUT2D eigenvalue weighted by molar-refractivity contribution is 8.00. The maximum atomic E-state index is 12.9. The summed E-state index contributed by atoms with van der Waals surface area (Å²) >= 11 is 2.37. The van der Waals surface area contributed by atoms with E-state index in [9.17, 15) is 24.4 Å². The van der Waals surface area contributed by atoms with Gasteiger partial charge >= 0.3 is 12.1 Å². The third-order valence-corrected chi connectivity index (χ3v) is 6.74. The molecule has 0 spiro atoms. The molecule has 16 heteroatoms. The van der Waals surface area contributed by atoms with E-state index in [0.717, 1.165) is 11.3 Å². The number of nitrogens with two attached hydrogens (primary N) is 1. The number of hydrogen-bond acceptors (Lipinski definition) is 14. The van der Waals surface area contributed by atoms with Crippen LogP contribution in [0.4, 0.5) is 9.93 Å². The molecule has 4 N–H and O–H groups in total. The Morgan fingerprint density at radius 1 is 1.31 bits per heavy atom. The number of anilines is 1. The SMILES string of the molecule is CCOC(=O)OCCOC(=O)C1=C(COC)CS[C@H]2C(NC(=O)C(=NO)c3csc(N)n3)C(=O)N12. The second-order valence-electron chi connectivity index (χ2n) is 6.93. The van der Waals surface area contributed by atoms with Gasteiger partial charge in [-0.1, -0.05) is 5.16 Å². The van der Waals surface area contributed by atoms with Crippen LogP contribution in [0.25, 0.3) is 0 Å². The zero-order chi connectivity index (χ0) is 25.5. The van der Waals surface area contributed by atoms with Crippen LogP contribution in [0, 0.1) is 0 Å². The summed E-state index contributed by atoms with van der Waals surface area (Å²) in [7, 11) is 1.45. The number of nitrogens with one attached hydrogen (secondary N) is 1. The normalized spacial score (nSPS) is 19.5. The molecule has 0 aromatic carbocycles. The van der Waals surface area contributed by atoms with Crippen LogP contribution >= 0.6 is 23.1 Å². The van der Waals surface area contributed by atoms with Crippen LogP contribution in [0.3, 0.4) is 0 Å². The number of thiazole rings is 1. The molecule has 2 amide bonds. The van der Waals surface area contributed by atoms with Crippen molar-refractivity contribution in [1.82, 2.24) is 15.2 Å². The van der Waals surface area contributed by atoms with Crippen molar-refractivity contribution in [3.63, 3.8) is 0 Å². The molecule has 3 heterocycles. The predicted molar refractivity (Wildman–Crippen MR) is 123 cm³/mol. The maximum absolute atomic E-state index is 12.9. The number of nitrogen functional groups attached to an aromatic ring is 1. The molecular formula is C19H23N5O9S2. The van der Waals surface area contributed by atoms with E-state index in [2.05, 4.69) is 20.2 Å². The highest BCUT2D eigenvalue weighted by Gasteiger charge is 2.54. The van der Waals surface area contributed by atoms with Crippen molar-refractivity contribution in [2.75, 3.05) is 45.0 Å². The van der Waals surface area contributed by atoms with Crippen molar-refractivity contribution in [3.05, 3.63) is 22.3 Å². The molecule has 0 radical (unpaired) electrons. The Morgan fingerprint density at radius 3 is 2.69 bits per heavy atom. The number of fused-ring (bicyclic) bond motifs is 1. The number of thioether (sulfide) groups is 1. The Morgan fingerprint density at radius 2 is 2.06 bits per heavy atom. The van der Waals surface area contributed by atoms with Gasteiger partial charge in [0.25, 0.3) is 11.8 Å². The first kappa shape index (κ1) is 26.2. The van der Waals surface area contributed by atoms with E-state index in [1.165, 1.54) is 29.2 Å². The molecule has 0 saturated carbocycles. The van der Waals surface area contributed by atoms with E-state index in [1.807, 2.05) is 0 Å². The van der Waals surface area contributed by atoms with E-state index in [4.69, 9.17) is 19.9 Å². The highest BCUT2D eigenvalue weighted by Crippen LogP contribution is 2.40. The molecule has 1 fully saturated rings. The number of carbonyl (C=O) groups is 4.